The molecule has 0 bridgehead atoms. The number of carbonyl (C=O) groups is 2. The molecule has 0 spiro atoms. The molecule has 0 unspecified atom stereocenters. The van der Waals surface area contributed by atoms with E-state index in [2.05, 4.69) is 10.3 Å². The molecule has 1 aromatic heterocycles. The molecule has 1 atom stereocenters. The lowest BCUT2D eigenvalue weighted by molar-refractivity contribution is -0.139. The zero-order chi connectivity index (χ0) is 13.5. The van der Waals surface area contributed by atoms with Gasteiger partial charge in [-0.05, 0) is 25.0 Å². The standard InChI is InChI=1S/C13H18N2O3/c1-3-4-5-11(13(17)18)15-12(16)10-6-9(2)7-14-8-10/h6-8,11H,3-5H2,1-2H3,(H,15,16)(H,17,18)/t11-/m0/s1. The fourth-order valence-electron chi connectivity index (χ4n) is 1.59. The summed E-state index contributed by atoms with van der Waals surface area (Å²) in [5.74, 6) is -1.40. The van der Waals surface area contributed by atoms with Crippen LogP contribution in [0.1, 0.15) is 42.1 Å². The Morgan fingerprint density at radius 2 is 2.17 bits per heavy atom. The molecular formula is C13H18N2O3. The van der Waals surface area contributed by atoms with Crippen LogP contribution in [-0.4, -0.2) is 28.0 Å². The number of rotatable bonds is 6. The van der Waals surface area contributed by atoms with E-state index in [9.17, 15) is 9.59 Å². The molecule has 18 heavy (non-hydrogen) atoms. The summed E-state index contributed by atoms with van der Waals surface area (Å²) < 4.78 is 0. The molecule has 0 aliphatic rings. The second-order valence-corrected chi connectivity index (χ2v) is 4.26. The van der Waals surface area contributed by atoms with E-state index >= 15 is 0 Å². The molecule has 0 radical (unpaired) electrons. The fourth-order valence-corrected chi connectivity index (χ4v) is 1.59. The van der Waals surface area contributed by atoms with Crippen LogP contribution in [0, 0.1) is 6.92 Å². The smallest absolute Gasteiger partial charge is 0.326 e. The van der Waals surface area contributed by atoms with Crippen molar-refractivity contribution in [2.45, 2.75) is 39.2 Å². The summed E-state index contributed by atoms with van der Waals surface area (Å²) in [5.41, 5.74) is 1.25. The van der Waals surface area contributed by atoms with Crippen LogP contribution in [0.2, 0.25) is 0 Å². The molecule has 5 heteroatoms. The monoisotopic (exact) mass is 250 g/mol. The summed E-state index contributed by atoms with van der Waals surface area (Å²) in [5, 5.41) is 11.5. The van der Waals surface area contributed by atoms with Crippen molar-refractivity contribution in [3.63, 3.8) is 0 Å². The lowest BCUT2D eigenvalue weighted by Gasteiger charge is -2.14. The molecule has 5 nitrogen and oxygen atoms in total. The maximum absolute atomic E-state index is 11.9. The van der Waals surface area contributed by atoms with E-state index in [1.165, 1.54) is 6.20 Å². The first-order valence-corrected chi connectivity index (χ1v) is 6.00. The highest BCUT2D eigenvalue weighted by Gasteiger charge is 2.20. The topological polar surface area (TPSA) is 79.3 Å². The highest BCUT2D eigenvalue weighted by atomic mass is 16.4. The van der Waals surface area contributed by atoms with Gasteiger partial charge in [0.25, 0.3) is 5.91 Å². The van der Waals surface area contributed by atoms with E-state index in [0.717, 1.165) is 18.4 Å². The summed E-state index contributed by atoms with van der Waals surface area (Å²) in [6, 6.07) is 0.846. The SMILES string of the molecule is CCCC[C@H](NC(=O)c1cncc(C)c1)C(=O)O. The number of pyridine rings is 1. The quantitative estimate of drug-likeness (QED) is 0.806. The summed E-state index contributed by atoms with van der Waals surface area (Å²) in [7, 11) is 0. The van der Waals surface area contributed by atoms with Crippen molar-refractivity contribution in [2.75, 3.05) is 0 Å². The molecule has 1 rings (SSSR count). The van der Waals surface area contributed by atoms with E-state index in [-0.39, 0.29) is 0 Å². The van der Waals surface area contributed by atoms with Gasteiger partial charge in [0, 0.05) is 12.4 Å². The van der Waals surface area contributed by atoms with Gasteiger partial charge in [0.15, 0.2) is 0 Å². The molecule has 0 fully saturated rings. The van der Waals surface area contributed by atoms with Gasteiger partial charge in [-0.1, -0.05) is 19.8 Å². The van der Waals surface area contributed by atoms with Gasteiger partial charge >= 0.3 is 5.97 Å². The largest absolute Gasteiger partial charge is 0.480 e. The van der Waals surface area contributed by atoms with Gasteiger partial charge in [-0.15, -0.1) is 0 Å². The van der Waals surface area contributed by atoms with Gasteiger partial charge in [-0.2, -0.15) is 0 Å². The Morgan fingerprint density at radius 1 is 1.44 bits per heavy atom. The number of hydrogen-bond acceptors (Lipinski definition) is 3. The van der Waals surface area contributed by atoms with Crippen LogP contribution in [-0.2, 0) is 4.79 Å². The highest BCUT2D eigenvalue weighted by molar-refractivity contribution is 5.96. The van der Waals surface area contributed by atoms with Crippen molar-refractivity contribution >= 4 is 11.9 Å². The number of aliphatic carboxylic acids is 1. The summed E-state index contributed by atoms with van der Waals surface area (Å²) in [4.78, 5) is 26.8. The average Bonchev–Trinajstić information content (AvgIpc) is 2.33. The third-order valence-electron chi connectivity index (χ3n) is 2.59. The van der Waals surface area contributed by atoms with Crippen LogP contribution in [0.15, 0.2) is 18.5 Å². The number of carbonyl (C=O) groups excluding carboxylic acids is 1. The molecule has 0 aliphatic heterocycles. The lowest BCUT2D eigenvalue weighted by atomic mass is 10.1. The van der Waals surface area contributed by atoms with Crippen LogP contribution in [0.4, 0.5) is 0 Å². The molecule has 2 N–H and O–H groups in total. The molecule has 98 valence electrons. The number of amides is 1. The molecular weight excluding hydrogens is 232 g/mol. The first-order chi connectivity index (χ1) is 8.54. The van der Waals surface area contributed by atoms with Crippen molar-refractivity contribution in [3.8, 4) is 0 Å². The molecule has 1 amide bonds. The van der Waals surface area contributed by atoms with E-state index < -0.39 is 17.9 Å². The average molecular weight is 250 g/mol. The Labute approximate surface area is 106 Å². The second kappa shape index (κ2) is 6.74. The number of carboxylic acids is 1. The van der Waals surface area contributed by atoms with Crippen LogP contribution in [0.3, 0.4) is 0 Å². The van der Waals surface area contributed by atoms with Crippen molar-refractivity contribution < 1.29 is 14.7 Å². The number of unbranched alkanes of at least 4 members (excludes halogenated alkanes) is 1. The molecule has 0 saturated carbocycles. The first kappa shape index (κ1) is 14.2. The van der Waals surface area contributed by atoms with E-state index in [4.69, 9.17) is 5.11 Å². The Kier molecular flexibility index (Phi) is 5.30. The number of hydrogen-bond donors (Lipinski definition) is 2. The predicted molar refractivity (Wildman–Crippen MR) is 67.4 cm³/mol. The summed E-state index contributed by atoms with van der Waals surface area (Å²) in [6.45, 7) is 3.81. The Balaban J connectivity index is 2.69. The van der Waals surface area contributed by atoms with Crippen LogP contribution in [0.25, 0.3) is 0 Å². The molecule has 0 aliphatic carbocycles. The summed E-state index contributed by atoms with van der Waals surface area (Å²) >= 11 is 0. The van der Waals surface area contributed by atoms with Gasteiger partial charge in [-0.3, -0.25) is 9.78 Å². The van der Waals surface area contributed by atoms with Gasteiger partial charge in [-0.25, -0.2) is 4.79 Å². The van der Waals surface area contributed by atoms with Gasteiger partial charge < -0.3 is 10.4 Å². The molecule has 1 heterocycles. The van der Waals surface area contributed by atoms with E-state index in [0.29, 0.717) is 12.0 Å². The third kappa shape index (κ3) is 4.16. The summed E-state index contributed by atoms with van der Waals surface area (Å²) in [6.07, 6.45) is 5.18. The number of aryl methyl sites for hydroxylation is 1. The minimum absolute atomic E-state index is 0.387. The normalized spacial score (nSPS) is 11.9. The zero-order valence-corrected chi connectivity index (χ0v) is 10.6. The van der Waals surface area contributed by atoms with Crippen molar-refractivity contribution in [1.29, 1.82) is 0 Å². The Morgan fingerprint density at radius 3 is 2.72 bits per heavy atom. The van der Waals surface area contributed by atoms with Crippen LogP contribution >= 0.6 is 0 Å². The lowest BCUT2D eigenvalue weighted by Crippen LogP contribution is -2.40. The number of nitrogens with one attached hydrogen (secondary N) is 1. The highest BCUT2D eigenvalue weighted by Crippen LogP contribution is 2.05. The number of nitrogens with zero attached hydrogens (tertiary/aromatic N) is 1. The molecule has 0 saturated heterocycles. The van der Waals surface area contributed by atoms with Gasteiger partial charge in [0.2, 0.25) is 0 Å². The van der Waals surface area contributed by atoms with Gasteiger partial charge in [0.05, 0.1) is 5.56 Å². The van der Waals surface area contributed by atoms with Crippen molar-refractivity contribution in [3.05, 3.63) is 29.6 Å². The number of aromatic nitrogens is 1. The Bertz CT molecular complexity index is 432. The van der Waals surface area contributed by atoms with Crippen molar-refractivity contribution in [2.24, 2.45) is 0 Å². The fraction of sp³-hybridized carbons (Fsp3) is 0.462. The van der Waals surface area contributed by atoms with Crippen molar-refractivity contribution in [1.82, 2.24) is 10.3 Å². The molecule has 1 aromatic rings. The van der Waals surface area contributed by atoms with Gasteiger partial charge in [0.1, 0.15) is 6.04 Å². The first-order valence-electron chi connectivity index (χ1n) is 6.00. The third-order valence-corrected chi connectivity index (χ3v) is 2.59. The number of carboxylic acid groups (broad SMARTS) is 1. The molecule has 0 aromatic carbocycles. The minimum atomic E-state index is -1.00. The predicted octanol–water partition coefficient (Wildman–Crippen LogP) is 1.76. The Hall–Kier alpha value is -1.91. The van der Waals surface area contributed by atoms with E-state index in [1.54, 1.807) is 12.3 Å². The van der Waals surface area contributed by atoms with Crippen LogP contribution in [0.5, 0.6) is 0 Å². The zero-order valence-electron chi connectivity index (χ0n) is 10.6. The van der Waals surface area contributed by atoms with Crippen LogP contribution < -0.4 is 5.32 Å². The van der Waals surface area contributed by atoms with E-state index in [1.807, 2.05) is 13.8 Å². The minimum Gasteiger partial charge on any atom is -0.480 e. The maximum atomic E-state index is 11.9. The maximum Gasteiger partial charge on any atom is 0.326 e. The second-order valence-electron chi connectivity index (χ2n) is 4.26.